The third-order valence-electron chi connectivity index (χ3n) is 2.91. The van der Waals surface area contributed by atoms with Crippen LogP contribution in [0.3, 0.4) is 0 Å². The Hall–Kier alpha value is -1.02. The maximum atomic E-state index is 5.58. The van der Waals surface area contributed by atoms with Gasteiger partial charge < -0.3 is 10.6 Å². The van der Waals surface area contributed by atoms with Crippen LogP contribution in [-0.2, 0) is 0 Å². The second-order valence-corrected chi connectivity index (χ2v) is 4.44. The van der Waals surface area contributed by atoms with Gasteiger partial charge in [-0.05, 0) is 37.4 Å². The van der Waals surface area contributed by atoms with Crippen LogP contribution in [0.15, 0.2) is 24.3 Å². The van der Waals surface area contributed by atoms with Crippen molar-refractivity contribution in [1.29, 1.82) is 0 Å². The van der Waals surface area contributed by atoms with E-state index < -0.39 is 0 Å². The molecule has 0 fully saturated rings. The zero-order valence-electron chi connectivity index (χ0n) is 10.7. The van der Waals surface area contributed by atoms with Gasteiger partial charge in [0.05, 0.1) is 0 Å². The molecule has 0 amide bonds. The summed E-state index contributed by atoms with van der Waals surface area (Å²) >= 11 is 0. The highest BCUT2D eigenvalue weighted by atomic mass is 15.1. The molecular weight excluding hydrogens is 196 g/mol. The van der Waals surface area contributed by atoms with Crippen LogP contribution in [0.2, 0.25) is 0 Å². The second kappa shape index (κ2) is 6.54. The Morgan fingerprint density at radius 2 is 1.94 bits per heavy atom. The first-order chi connectivity index (χ1) is 7.70. The lowest BCUT2D eigenvalue weighted by Crippen LogP contribution is -2.26. The highest BCUT2D eigenvalue weighted by Crippen LogP contribution is 2.27. The van der Waals surface area contributed by atoms with E-state index in [1.807, 2.05) is 0 Å². The average molecular weight is 220 g/mol. The van der Waals surface area contributed by atoms with Gasteiger partial charge in [0.1, 0.15) is 0 Å². The summed E-state index contributed by atoms with van der Waals surface area (Å²) in [5.74, 6) is 0.572. The molecule has 0 aliphatic carbocycles. The lowest BCUT2D eigenvalue weighted by atomic mass is 10.0. The molecule has 0 unspecified atom stereocenters. The van der Waals surface area contributed by atoms with Gasteiger partial charge >= 0.3 is 0 Å². The van der Waals surface area contributed by atoms with E-state index in [-0.39, 0.29) is 0 Å². The second-order valence-electron chi connectivity index (χ2n) is 4.44. The van der Waals surface area contributed by atoms with Crippen molar-refractivity contribution in [2.45, 2.75) is 33.1 Å². The van der Waals surface area contributed by atoms with Gasteiger partial charge in [0, 0.05) is 18.8 Å². The standard InChI is InChI=1S/C14H24N2/c1-4-16(11-7-10-15)14-9-6-5-8-13(14)12(2)3/h5-6,8-9,12H,4,7,10-11,15H2,1-3H3. The molecule has 0 spiro atoms. The van der Waals surface area contributed by atoms with E-state index in [0.29, 0.717) is 5.92 Å². The van der Waals surface area contributed by atoms with Crippen LogP contribution in [0.5, 0.6) is 0 Å². The topological polar surface area (TPSA) is 29.3 Å². The zero-order chi connectivity index (χ0) is 12.0. The summed E-state index contributed by atoms with van der Waals surface area (Å²) in [4.78, 5) is 2.42. The van der Waals surface area contributed by atoms with Gasteiger partial charge in [-0.15, -0.1) is 0 Å². The lowest BCUT2D eigenvalue weighted by molar-refractivity contribution is 0.743. The molecule has 0 saturated carbocycles. The molecule has 0 aliphatic rings. The number of benzene rings is 1. The molecular formula is C14H24N2. The molecule has 0 saturated heterocycles. The summed E-state index contributed by atoms with van der Waals surface area (Å²) in [6.45, 7) is 9.56. The third-order valence-corrected chi connectivity index (χ3v) is 2.91. The molecule has 0 aliphatic heterocycles. The fourth-order valence-electron chi connectivity index (χ4n) is 1.99. The summed E-state index contributed by atoms with van der Waals surface area (Å²) in [5.41, 5.74) is 8.38. The van der Waals surface area contributed by atoms with Crippen molar-refractivity contribution in [2.75, 3.05) is 24.5 Å². The highest BCUT2D eigenvalue weighted by molar-refractivity contribution is 5.54. The Morgan fingerprint density at radius 3 is 2.50 bits per heavy atom. The van der Waals surface area contributed by atoms with Gasteiger partial charge in [0.25, 0.3) is 0 Å². The molecule has 0 atom stereocenters. The Kier molecular flexibility index (Phi) is 5.33. The minimum absolute atomic E-state index is 0.572. The molecule has 16 heavy (non-hydrogen) atoms. The summed E-state index contributed by atoms with van der Waals surface area (Å²) in [5, 5.41) is 0. The van der Waals surface area contributed by atoms with Crippen molar-refractivity contribution in [3.05, 3.63) is 29.8 Å². The third kappa shape index (κ3) is 3.24. The van der Waals surface area contributed by atoms with Crippen molar-refractivity contribution >= 4 is 5.69 Å². The summed E-state index contributed by atoms with van der Waals surface area (Å²) < 4.78 is 0. The molecule has 2 heteroatoms. The number of para-hydroxylation sites is 1. The van der Waals surface area contributed by atoms with Gasteiger partial charge in [-0.2, -0.15) is 0 Å². The van der Waals surface area contributed by atoms with Crippen LogP contribution >= 0.6 is 0 Å². The predicted molar refractivity (Wildman–Crippen MR) is 72.1 cm³/mol. The number of hydrogen-bond donors (Lipinski definition) is 1. The van der Waals surface area contributed by atoms with Crippen molar-refractivity contribution in [3.8, 4) is 0 Å². The maximum absolute atomic E-state index is 5.58. The predicted octanol–water partition coefficient (Wildman–Crippen LogP) is 2.99. The lowest BCUT2D eigenvalue weighted by Gasteiger charge is -2.26. The van der Waals surface area contributed by atoms with E-state index in [1.165, 1.54) is 11.3 Å². The summed E-state index contributed by atoms with van der Waals surface area (Å²) in [7, 11) is 0. The SMILES string of the molecule is CCN(CCCN)c1ccccc1C(C)C. The van der Waals surface area contributed by atoms with E-state index in [0.717, 1.165) is 26.1 Å². The van der Waals surface area contributed by atoms with E-state index >= 15 is 0 Å². The molecule has 1 aromatic carbocycles. The monoisotopic (exact) mass is 220 g/mol. The smallest absolute Gasteiger partial charge is 0.0401 e. The van der Waals surface area contributed by atoms with Crippen molar-refractivity contribution in [3.63, 3.8) is 0 Å². The van der Waals surface area contributed by atoms with Crippen LogP contribution < -0.4 is 10.6 Å². The van der Waals surface area contributed by atoms with Gasteiger partial charge in [0.2, 0.25) is 0 Å². The van der Waals surface area contributed by atoms with Gasteiger partial charge in [0.15, 0.2) is 0 Å². The minimum Gasteiger partial charge on any atom is -0.372 e. The quantitative estimate of drug-likeness (QED) is 0.798. The molecule has 2 nitrogen and oxygen atoms in total. The van der Waals surface area contributed by atoms with E-state index in [4.69, 9.17) is 5.73 Å². The average Bonchev–Trinajstić information content (AvgIpc) is 2.30. The van der Waals surface area contributed by atoms with Crippen molar-refractivity contribution in [1.82, 2.24) is 0 Å². The molecule has 90 valence electrons. The molecule has 1 aromatic rings. The molecule has 0 radical (unpaired) electrons. The Balaban J connectivity index is 2.90. The number of anilines is 1. The number of nitrogens with two attached hydrogens (primary N) is 1. The Labute approximate surface area is 99.5 Å². The zero-order valence-corrected chi connectivity index (χ0v) is 10.7. The van der Waals surface area contributed by atoms with Crippen LogP contribution in [0.25, 0.3) is 0 Å². The normalized spacial score (nSPS) is 10.8. The molecule has 0 heterocycles. The van der Waals surface area contributed by atoms with Crippen LogP contribution in [0, 0.1) is 0 Å². The first-order valence-electron chi connectivity index (χ1n) is 6.24. The van der Waals surface area contributed by atoms with E-state index in [2.05, 4.69) is 49.9 Å². The molecule has 2 N–H and O–H groups in total. The van der Waals surface area contributed by atoms with E-state index in [9.17, 15) is 0 Å². The van der Waals surface area contributed by atoms with Gasteiger partial charge in [-0.3, -0.25) is 0 Å². The van der Waals surface area contributed by atoms with Crippen LogP contribution in [-0.4, -0.2) is 19.6 Å². The van der Waals surface area contributed by atoms with Gasteiger partial charge in [-0.1, -0.05) is 32.0 Å². The van der Waals surface area contributed by atoms with Crippen molar-refractivity contribution < 1.29 is 0 Å². The first-order valence-corrected chi connectivity index (χ1v) is 6.24. The summed E-state index contributed by atoms with van der Waals surface area (Å²) in [6.07, 6.45) is 1.06. The van der Waals surface area contributed by atoms with Crippen LogP contribution in [0.1, 0.15) is 38.7 Å². The molecule has 0 bridgehead atoms. The fourth-order valence-corrected chi connectivity index (χ4v) is 1.99. The highest BCUT2D eigenvalue weighted by Gasteiger charge is 2.10. The molecule has 0 aromatic heterocycles. The Morgan fingerprint density at radius 1 is 1.25 bits per heavy atom. The largest absolute Gasteiger partial charge is 0.372 e. The first kappa shape index (κ1) is 13.0. The minimum atomic E-state index is 0.572. The molecule has 1 rings (SSSR count). The van der Waals surface area contributed by atoms with Gasteiger partial charge in [-0.25, -0.2) is 0 Å². The number of nitrogens with zero attached hydrogens (tertiary/aromatic N) is 1. The van der Waals surface area contributed by atoms with E-state index in [1.54, 1.807) is 0 Å². The number of hydrogen-bond acceptors (Lipinski definition) is 2. The van der Waals surface area contributed by atoms with Crippen molar-refractivity contribution in [2.24, 2.45) is 5.73 Å². The number of rotatable bonds is 6. The van der Waals surface area contributed by atoms with Crippen LogP contribution in [0.4, 0.5) is 5.69 Å². The fraction of sp³-hybridized carbons (Fsp3) is 0.571. The summed E-state index contributed by atoms with van der Waals surface area (Å²) in [6, 6.07) is 8.68. The Bertz CT molecular complexity index is 307. The maximum Gasteiger partial charge on any atom is 0.0401 e.